The Morgan fingerprint density at radius 3 is 1.89 bits per heavy atom. The molecule has 4 fully saturated rings. The third-order valence-corrected chi connectivity index (χ3v) is 10.1. The van der Waals surface area contributed by atoms with E-state index in [-0.39, 0.29) is 12.0 Å². The number of esters is 6. The lowest BCUT2D eigenvalue weighted by atomic mass is 9.50. The number of ether oxygens (including phenoxy) is 7. The van der Waals surface area contributed by atoms with Gasteiger partial charge in [0.05, 0.1) is 22.6 Å². The molecule has 14 nitrogen and oxygen atoms in total. The number of hydrogen-bond acceptors (Lipinski definition) is 14. The predicted molar refractivity (Wildman–Crippen MR) is 150 cm³/mol. The van der Waals surface area contributed by atoms with Gasteiger partial charge in [0, 0.05) is 41.0 Å². The van der Waals surface area contributed by atoms with Gasteiger partial charge in [-0.25, -0.2) is 0 Å². The van der Waals surface area contributed by atoms with Crippen molar-refractivity contribution < 1.29 is 67.0 Å². The van der Waals surface area contributed by atoms with Crippen molar-refractivity contribution in [3.05, 3.63) is 12.2 Å². The first-order valence-electron chi connectivity index (χ1n) is 14.5. The second kappa shape index (κ2) is 11.8. The summed E-state index contributed by atoms with van der Waals surface area (Å²) in [4.78, 5) is 76.6. The molecule has 1 N–H and O–H groups in total. The van der Waals surface area contributed by atoms with Gasteiger partial charge in [0.25, 0.3) is 0 Å². The van der Waals surface area contributed by atoms with Crippen LogP contribution in [0.25, 0.3) is 0 Å². The van der Waals surface area contributed by atoms with E-state index in [0.29, 0.717) is 0 Å². The molecule has 13 atom stereocenters. The van der Waals surface area contributed by atoms with Gasteiger partial charge in [-0.1, -0.05) is 13.5 Å². The molecule has 0 unspecified atom stereocenters. The molecule has 0 spiro atoms. The minimum absolute atomic E-state index is 0.174. The highest BCUT2D eigenvalue weighted by Crippen LogP contribution is 2.62. The monoisotopic (exact) mass is 658 g/mol. The molecule has 2 saturated heterocycles. The molecule has 0 aromatic rings. The second-order valence-corrected chi connectivity index (χ2v) is 13.0. The summed E-state index contributed by atoms with van der Waals surface area (Å²) in [6.45, 7) is 13.8. The Hall–Kier alpha value is -3.23. The van der Waals surface area contributed by atoms with E-state index in [2.05, 4.69) is 6.58 Å². The predicted octanol–water partition coefficient (Wildman–Crippen LogP) is 1.30. The number of carbonyl (C=O) groups excluding carboxylic acids is 6. The molecule has 0 aromatic heterocycles. The molecule has 0 amide bonds. The number of epoxide rings is 1. The number of alkyl halides is 1. The summed E-state index contributed by atoms with van der Waals surface area (Å²) in [5.41, 5.74) is -6.06. The third-order valence-electron chi connectivity index (χ3n) is 9.54. The fourth-order valence-electron chi connectivity index (χ4n) is 7.67. The fourth-order valence-corrected chi connectivity index (χ4v) is 8.04. The van der Waals surface area contributed by atoms with Gasteiger partial charge in [-0.15, -0.1) is 11.6 Å². The van der Waals surface area contributed by atoms with E-state index in [0.717, 1.165) is 34.6 Å². The molecule has 2 saturated carbocycles. The first kappa shape index (κ1) is 34.6. The highest BCUT2D eigenvalue weighted by Gasteiger charge is 2.77. The zero-order chi connectivity index (χ0) is 34.0. The van der Waals surface area contributed by atoms with Gasteiger partial charge in [0.15, 0.2) is 17.3 Å². The van der Waals surface area contributed by atoms with Crippen molar-refractivity contribution in [3.8, 4) is 0 Å². The number of halogens is 1. The number of aliphatic hydroxyl groups is 1. The first-order valence-corrected chi connectivity index (χ1v) is 14.9. The van der Waals surface area contributed by atoms with Crippen LogP contribution >= 0.6 is 11.6 Å². The molecule has 45 heavy (non-hydrogen) atoms. The Labute approximate surface area is 264 Å². The van der Waals surface area contributed by atoms with Gasteiger partial charge < -0.3 is 38.3 Å². The van der Waals surface area contributed by atoms with Crippen LogP contribution in [-0.2, 0) is 61.9 Å². The summed E-state index contributed by atoms with van der Waals surface area (Å²) >= 11 is 6.84. The largest absolute Gasteiger partial charge is 0.462 e. The molecule has 4 rings (SSSR count). The molecule has 0 aromatic carbocycles. The van der Waals surface area contributed by atoms with Crippen LogP contribution in [0.4, 0.5) is 0 Å². The van der Waals surface area contributed by atoms with Gasteiger partial charge in [-0.05, 0) is 19.4 Å². The third kappa shape index (κ3) is 5.69. The molecule has 4 aliphatic rings. The topological polar surface area (TPSA) is 191 Å². The summed E-state index contributed by atoms with van der Waals surface area (Å²) in [5.74, 6) is -7.99. The molecule has 2 heterocycles. The van der Waals surface area contributed by atoms with Gasteiger partial charge in [0.2, 0.25) is 0 Å². The van der Waals surface area contributed by atoms with E-state index in [1.165, 1.54) is 20.8 Å². The van der Waals surface area contributed by atoms with Crippen LogP contribution in [0.3, 0.4) is 0 Å². The summed E-state index contributed by atoms with van der Waals surface area (Å²) in [5, 5.41) is 11.4. The maximum Gasteiger partial charge on any atom is 0.312 e. The van der Waals surface area contributed by atoms with Crippen LogP contribution in [0.15, 0.2) is 12.2 Å². The van der Waals surface area contributed by atoms with E-state index < -0.39 is 112 Å². The van der Waals surface area contributed by atoms with E-state index in [1.54, 1.807) is 0 Å². The molecular formula is C30H39ClO14. The molecular weight excluding hydrogens is 620 g/mol. The number of carbonyl (C=O) groups is 6. The van der Waals surface area contributed by atoms with Crippen LogP contribution in [0.5, 0.6) is 0 Å². The van der Waals surface area contributed by atoms with Gasteiger partial charge in [-0.3, -0.25) is 28.8 Å². The molecule has 250 valence electrons. The van der Waals surface area contributed by atoms with E-state index in [4.69, 9.17) is 44.8 Å². The quantitative estimate of drug-likeness (QED) is 0.146. The SMILES string of the molecule is C=C1[C@H]2O[C@H]2[C@@H](OC(C)=O)[C@@]2(C)[C@@H](OC(C)=O)C[C@@H](OC(C)=O)[C@@](C)(OC(C)=O)[C@@H]2[C@@H](OC(C)=O)[C@]2(O)[C@@H](C)C(=O)O[C@H]2[C@H]1Cl. The minimum Gasteiger partial charge on any atom is -0.462 e. The normalized spacial score (nSPS) is 43.7. The summed E-state index contributed by atoms with van der Waals surface area (Å²) < 4.78 is 40.8. The Morgan fingerprint density at radius 1 is 0.867 bits per heavy atom. The second-order valence-electron chi connectivity index (χ2n) is 12.6. The fraction of sp³-hybridized carbons (Fsp3) is 0.733. The van der Waals surface area contributed by atoms with E-state index in [1.807, 2.05) is 0 Å². The molecule has 0 bridgehead atoms. The van der Waals surface area contributed by atoms with Crippen LogP contribution < -0.4 is 0 Å². The van der Waals surface area contributed by atoms with Gasteiger partial charge >= 0.3 is 35.8 Å². The zero-order valence-corrected chi connectivity index (χ0v) is 27.1. The Balaban J connectivity index is 2.17. The molecule has 15 heteroatoms. The van der Waals surface area contributed by atoms with Gasteiger partial charge in [-0.2, -0.15) is 0 Å². The van der Waals surface area contributed by atoms with Crippen molar-refractivity contribution in [1.29, 1.82) is 0 Å². The Morgan fingerprint density at radius 2 is 1.38 bits per heavy atom. The molecule has 0 radical (unpaired) electrons. The summed E-state index contributed by atoms with van der Waals surface area (Å²) in [6, 6.07) is 0. The summed E-state index contributed by atoms with van der Waals surface area (Å²) in [7, 11) is 0. The lowest BCUT2D eigenvalue weighted by Crippen LogP contribution is -2.76. The zero-order valence-electron chi connectivity index (χ0n) is 26.3. The van der Waals surface area contributed by atoms with Crippen LogP contribution in [0, 0.1) is 17.3 Å². The van der Waals surface area contributed by atoms with Crippen molar-refractivity contribution in [2.75, 3.05) is 0 Å². The highest BCUT2D eigenvalue weighted by molar-refractivity contribution is 6.23. The average molecular weight is 659 g/mol. The lowest BCUT2D eigenvalue weighted by molar-refractivity contribution is -0.296. The van der Waals surface area contributed by atoms with Crippen molar-refractivity contribution in [2.45, 2.75) is 121 Å². The van der Waals surface area contributed by atoms with Crippen LogP contribution in [-0.4, -0.2) is 100 Å². The van der Waals surface area contributed by atoms with Crippen molar-refractivity contribution >= 4 is 47.4 Å². The molecule has 2 aliphatic carbocycles. The number of fused-ring (bicyclic) bond motifs is 3. The lowest BCUT2D eigenvalue weighted by Gasteiger charge is -2.61. The van der Waals surface area contributed by atoms with E-state index in [9.17, 15) is 33.9 Å². The van der Waals surface area contributed by atoms with Gasteiger partial charge in [0.1, 0.15) is 36.6 Å². The van der Waals surface area contributed by atoms with Crippen LogP contribution in [0.2, 0.25) is 0 Å². The van der Waals surface area contributed by atoms with E-state index >= 15 is 0 Å². The number of rotatable bonds is 5. The van der Waals surface area contributed by atoms with Crippen molar-refractivity contribution in [1.82, 2.24) is 0 Å². The Kier molecular flexibility index (Phi) is 9.12. The average Bonchev–Trinajstić information content (AvgIpc) is 3.65. The van der Waals surface area contributed by atoms with Crippen molar-refractivity contribution in [2.24, 2.45) is 17.3 Å². The smallest absolute Gasteiger partial charge is 0.312 e. The first-order chi connectivity index (χ1) is 20.7. The maximum absolute atomic E-state index is 13.2. The standard InChI is InChI=1S/C30H39ClO14/c1-11-20(31)24-30(38,12(2)27(37)44-24)26(42-16(6)35)23-28(8,25(41-15(5)34)22-21(11)43-22)18(39-13(3)32)10-19(40-14(4)33)29(23,9)45-17(7)36/h12,18-26,38H,1,10H2,2-9H3/t12-,18-,19+,20-,21+,22+,23+,24-,25+,26+,28-,29+,30-/m0/s1. The summed E-state index contributed by atoms with van der Waals surface area (Å²) in [6.07, 6.45) is -9.64. The van der Waals surface area contributed by atoms with Crippen LogP contribution in [0.1, 0.15) is 61.8 Å². The van der Waals surface area contributed by atoms with Crippen molar-refractivity contribution in [3.63, 3.8) is 0 Å². The maximum atomic E-state index is 13.2. The minimum atomic E-state index is -2.47. The molecule has 2 aliphatic heterocycles. The highest BCUT2D eigenvalue weighted by atomic mass is 35.5. The Bertz CT molecular complexity index is 1320. The number of hydrogen-bond donors (Lipinski definition) is 1.